The average Bonchev–Trinajstić information content (AvgIpc) is 3.95. The second-order valence-corrected chi connectivity index (χ2v) is 17.9. The van der Waals surface area contributed by atoms with Gasteiger partial charge in [-0.1, -0.05) is 194 Å². The maximum Gasteiger partial charge on any atom is 0.164 e. The Morgan fingerprint density at radius 3 is 1.55 bits per heavy atom. The van der Waals surface area contributed by atoms with Crippen LogP contribution in [-0.2, 0) is 5.41 Å². The summed E-state index contributed by atoms with van der Waals surface area (Å²) in [5, 5.41) is 2.20. The summed E-state index contributed by atoms with van der Waals surface area (Å²) >= 11 is 0. The number of aromatic nitrogens is 3. The van der Waals surface area contributed by atoms with Crippen molar-refractivity contribution >= 4 is 39.0 Å². The largest absolute Gasteiger partial charge is 0.456 e. The summed E-state index contributed by atoms with van der Waals surface area (Å²) in [6.45, 7) is 0. The number of hydrogen-bond donors (Lipinski definition) is 0. The molecule has 1 spiro atoms. The van der Waals surface area contributed by atoms with Gasteiger partial charge in [0.15, 0.2) is 17.5 Å². The van der Waals surface area contributed by atoms with Gasteiger partial charge in [0.1, 0.15) is 11.2 Å². The predicted molar refractivity (Wildman–Crippen MR) is 280 cm³/mol. The first-order valence-corrected chi connectivity index (χ1v) is 23.4. The van der Waals surface area contributed by atoms with Crippen LogP contribution in [-0.4, -0.2) is 15.0 Å². The van der Waals surface area contributed by atoms with Crippen LogP contribution in [0.3, 0.4) is 0 Å². The Kier molecular flexibility index (Phi) is 8.73. The molecule has 0 N–H and O–H groups in total. The molecule has 12 aromatic rings. The maximum atomic E-state index is 6.30. The maximum absolute atomic E-state index is 6.30. The Morgan fingerprint density at radius 2 is 0.826 bits per heavy atom. The van der Waals surface area contributed by atoms with Crippen molar-refractivity contribution < 1.29 is 4.42 Å². The molecule has 5 heteroatoms. The van der Waals surface area contributed by atoms with E-state index in [0.29, 0.717) is 17.5 Å². The lowest BCUT2D eigenvalue weighted by atomic mass is 9.64. The zero-order chi connectivity index (χ0) is 45.5. The van der Waals surface area contributed by atoms with Gasteiger partial charge in [0.2, 0.25) is 0 Å². The minimum absolute atomic E-state index is 0.616. The Balaban J connectivity index is 1.04. The van der Waals surface area contributed by atoms with Crippen molar-refractivity contribution in [2.24, 2.45) is 0 Å². The molecular formula is C64H40N4O. The van der Waals surface area contributed by atoms with Crippen molar-refractivity contribution in [2.75, 3.05) is 4.90 Å². The molecule has 3 heterocycles. The molecule has 2 aromatic heterocycles. The van der Waals surface area contributed by atoms with Crippen LogP contribution in [0.25, 0.3) is 89.5 Å². The monoisotopic (exact) mass is 880 g/mol. The lowest BCUT2D eigenvalue weighted by Crippen LogP contribution is -2.36. The summed E-state index contributed by atoms with van der Waals surface area (Å²) in [6, 6.07) is 86.5. The van der Waals surface area contributed by atoms with E-state index in [-0.39, 0.29) is 0 Å². The van der Waals surface area contributed by atoms with E-state index in [1.165, 1.54) is 22.3 Å². The summed E-state index contributed by atoms with van der Waals surface area (Å²) in [4.78, 5) is 18.4. The molecule has 0 atom stereocenters. The van der Waals surface area contributed by atoms with Gasteiger partial charge in [-0.05, 0) is 104 Å². The van der Waals surface area contributed by atoms with E-state index in [9.17, 15) is 0 Å². The molecule has 0 radical (unpaired) electrons. The zero-order valence-corrected chi connectivity index (χ0v) is 37.3. The summed E-state index contributed by atoms with van der Waals surface area (Å²) in [5.74, 6) is 1.85. The first-order chi connectivity index (χ1) is 34.2. The second-order valence-electron chi connectivity index (χ2n) is 17.9. The number of furan rings is 1. The van der Waals surface area contributed by atoms with Crippen molar-refractivity contribution in [3.63, 3.8) is 0 Å². The van der Waals surface area contributed by atoms with Crippen molar-refractivity contribution in [3.05, 3.63) is 265 Å². The number of benzene rings is 10. The zero-order valence-electron chi connectivity index (χ0n) is 37.3. The van der Waals surface area contributed by atoms with E-state index in [1.807, 2.05) is 36.4 Å². The molecule has 1 aliphatic heterocycles. The lowest BCUT2D eigenvalue weighted by molar-refractivity contribution is 0.669. The third kappa shape index (κ3) is 6.00. The molecule has 14 rings (SSSR count). The van der Waals surface area contributed by atoms with Crippen LogP contribution in [0.15, 0.2) is 247 Å². The van der Waals surface area contributed by atoms with E-state index in [4.69, 9.17) is 19.4 Å². The van der Waals surface area contributed by atoms with E-state index < -0.39 is 5.41 Å². The molecule has 0 fully saturated rings. The number of hydrogen-bond acceptors (Lipinski definition) is 5. The van der Waals surface area contributed by atoms with Gasteiger partial charge < -0.3 is 9.32 Å². The first-order valence-electron chi connectivity index (χ1n) is 23.4. The van der Waals surface area contributed by atoms with Crippen LogP contribution in [0.4, 0.5) is 17.1 Å². The Morgan fingerprint density at radius 1 is 0.319 bits per heavy atom. The number of fused-ring (bicyclic) bond motifs is 12. The van der Waals surface area contributed by atoms with Gasteiger partial charge in [-0.3, -0.25) is 0 Å². The van der Waals surface area contributed by atoms with Gasteiger partial charge >= 0.3 is 0 Å². The van der Waals surface area contributed by atoms with Gasteiger partial charge in [0.25, 0.3) is 0 Å². The van der Waals surface area contributed by atoms with Gasteiger partial charge in [-0.25, -0.2) is 15.0 Å². The average molecular weight is 881 g/mol. The molecule has 5 nitrogen and oxygen atoms in total. The molecule has 0 saturated carbocycles. The quantitative estimate of drug-likeness (QED) is 0.167. The van der Waals surface area contributed by atoms with Gasteiger partial charge in [-0.2, -0.15) is 0 Å². The fraction of sp³-hybridized carbons (Fsp3) is 0.0156. The highest BCUT2D eigenvalue weighted by atomic mass is 16.3. The fourth-order valence-corrected chi connectivity index (χ4v) is 11.1. The van der Waals surface area contributed by atoms with Gasteiger partial charge in [0, 0.05) is 33.2 Å². The second kappa shape index (κ2) is 15.4. The topological polar surface area (TPSA) is 55.1 Å². The Hall–Kier alpha value is -9.19. The van der Waals surface area contributed by atoms with Crippen LogP contribution in [0.2, 0.25) is 0 Å². The third-order valence-corrected chi connectivity index (χ3v) is 14.1. The highest BCUT2D eigenvalue weighted by molar-refractivity contribution is 6.07. The normalized spacial score (nSPS) is 13.0. The standard InChI is InChI=1S/C64H40N4O/c1-4-17-41(18-5-1)42-31-33-44(34-32-42)62-65-61(43-19-6-2-7-20-43)66-63(67-62)49-24-16-27-55-60(49)51-40-45(46-36-38-59-50(39-46)48-23-10-15-30-58(48)69-59)35-37-52(51)64(55)53-25-11-13-28-56(53)68(47-21-8-3-9-22-47)57-29-14-12-26-54(57)64/h1-40H. The molecule has 322 valence electrons. The molecule has 0 unspecified atom stereocenters. The summed E-state index contributed by atoms with van der Waals surface area (Å²) in [6.07, 6.45) is 0. The molecule has 0 saturated heterocycles. The van der Waals surface area contributed by atoms with E-state index in [0.717, 1.165) is 89.1 Å². The van der Waals surface area contributed by atoms with Gasteiger partial charge in [-0.15, -0.1) is 0 Å². The Labute approximate surface area is 399 Å². The van der Waals surface area contributed by atoms with Crippen molar-refractivity contribution in [2.45, 2.75) is 5.41 Å². The molecule has 2 aliphatic rings. The summed E-state index contributed by atoms with van der Waals surface area (Å²) in [7, 11) is 0. The number of anilines is 3. The number of nitrogens with zero attached hydrogens (tertiary/aromatic N) is 4. The molecule has 0 amide bonds. The van der Waals surface area contributed by atoms with Crippen LogP contribution in [0.1, 0.15) is 22.3 Å². The van der Waals surface area contributed by atoms with Crippen molar-refractivity contribution in [3.8, 4) is 67.5 Å². The van der Waals surface area contributed by atoms with Crippen LogP contribution < -0.4 is 4.90 Å². The highest BCUT2D eigenvalue weighted by Crippen LogP contribution is 2.64. The van der Waals surface area contributed by atoms with E-state index in [2.05, 4.69) is 211 Å². The fourth-order valence-electron chi connectivity index (χ4n) is 11.1. The molecular weight excluding hydrogens is 841 g/mol. The number of para-hydroxylation sites is 4. The smallest absolute Gasteiger partial charge is 0.164 e. The number of rotatable bonds is 6. The Bertz CT molecular complexity index is 3910. The summed E-state index contributed by atoms with van der Waals surface area (Å²) in [5.41, 5.74) is 18.8. The SMILES string of the molecule is c1ccc(-c2ccc(-c3nc(-c4ccccc4)nc(-c4cccc5c4-c4cc(-c6ccc7oc8ccccc8c7c6)ccc4C54c5ccccc5N(c5ccccc5)c5ccccc54)n3)cc2)cc1. The van der Waals surface area contributed by atoms with Crippen LogP contribution in [0.5, 0.6) is 0 Å². The minimum atomic E-state index is -0.687. The third-order valence-electron chi connectivity index (χ3n) is 14.1. The molecule has 10 aromatic carbocycles. The van der Waals surface area contributed by atoms with E-state index in [1.54, 1.807) is 0 Å². The van der Waals surface area contributed by atoms with E-state index >= 15 is 0 Å². The highest BCUT2D eigenvalue weighted by Gasteiger charge is 2.52. The summed E-state index contributed by atoms with van der Waals surface area (Å²) < 4.78 is 6.30. The molecule has 1 aliphatic carbocycles. The molecule has 69 heavy (non-hydrogen) atoms. The van der Waals surface area contributed by atoms with Crippen molar-refractivity contribution in [1.29, 1.82) is 0 Å². The lowest BCUT2D eigenvalue weighted by Gasteiger charge is -2.45. The van der Waals surface area contributed by atoms with Crippen LogP contribution >= 0.6 is 0 Å². The first kappa shape index (κ1) is 39.0. The molecule has 0 bridgehead atoms. The van der Waals surface area contributed by atoms with Gasteiger partial charge in [0.05, 0.1) is 16.8 Å². The predicted octanol–water partition coefficient (Wildman–Crippen LogP) is 16.3. The minimum Gasteiger partial charge on any atom is -0.456 e. The van der Waals surface area contributed by atoms with Crippen LogP contribution in [0, 0.1) is 0 Å². The van der Waals surface area contributed by atoms with Crippen molar-refractivity contribution in [1.82, 2.24) is 15.0 Å².